The summed E-state index contributed by atoms with van der Waals surface area (Å²) in [6, 6.07) is 5.38. The van der Waals surface area contributed by atoms with E-state index < -0.39 is 5.97 Å². The molecular formula is C16H23NO4. The second-order valence-electron chi connectivity index (χ2n) is 5.69. The van der Waals surface area contributed by atoms with Crippen molar-refractivity contribution in [1.29, 1.82) is 0 Å². The highest BCUT2D eigenvalue weighted by Gasteiger charge is 2.25. The van der Waals surface area contributed by atoms with E-state index in [2.05, 4.69) is 5.32 Å². The lowest BCUT2D eigenvalue weighted by molar-refractivity contribution is -0.143. The van der Waals surface area contributed by atoms with Crippen molar-refractivity contribution in [2.45, 2.75) is 32.2 Å². The van der Waals surface area contributed by atoms with Crippen LogP contribution in [0.3, 0.4) is 0 Å². The van der Waals surface area contributed by atoms with E-state index in [0.717, 1.165) is 37.8 Å². The van der Waals surface area contributed by atoms with Crippen LogP contribution < -0.4 is 10.1 Å². The van der Waals surface area contributed by atoms with Gasteiger partial charge in [-0.15, -0.1) is 0 Å². The van der Waals surface area contributed by atoms with Gasteiger partial charge < -0.3 is 20.3 Å². The van der Waals surface area contributed by atoms with Gasteiger partial charge in [-0.3, -0.25) is 4.79 Å². The van der Waals surface area contributed by atoms with Gasteiger partial charge in [-0.2, -0.15) is 0 Å². The number of hydrogen-bond acceptors (Lipinski definition) is 4. The van der Waals surface area contributed by atoms with Crippen molar-refractivity contribution in [2.75, 3.05) is 13.7 Å². The predicted octanol–water partition coefficient (Wildman–Crippen LogP) is 2.38. The lowest BCUT2D eigenvalue weighted by Gasteiger charge is -2.26. The first-order valence-corrected chi connectivity index (χ1v) is 7.39. The number of ether oxygens (including phenoxy) is 1. The third-order valence-corrected chi connectivity index (χ3v) is 4.20. The summed E-state index contributed by atoms with van der Waals surface area (Å²) < 4.78 is 5.01. The second kappa shape index (κ2) is 7.31. The minimum Gasteiger partial charge on any atom is -0.504 e. The number of aliphatic carboxylic acids is 1. The number of aromatic hydroxyl groups is 1. The Labute approximate surface area is 124 Å². The Bertz CT molecular complexity index is 481. The van der Waals surface area contributed by atoms with E-state index in [1.54, 1.807) is 12.1 Å². The lowest BCUT2D eigenvalue weighted by atomic mass is 9.82. The first-order chi connectivity index (χ1) is 10.1. The van der Waals surface area contributed by atoms with Gasteiger partial charge in [0.15, 0.2) is 11.5 Å². The molecule has 1 aromatic rings. The van der Waals surface area contributed by atoms with Crippen LogP contribution in [-0.2, 0) is 11.3 Å². The van der Waals surface area contributed by atoms with E-state index in [1.807, 2.05) is 6.07 Å². The van der Waals surface area contributed by atoms with E-state index in [-0.39, 0.29) is 11.7 Å². The predicted molar refractivity (Wildman–Crippen MR) is 79.4 cm³/mol. The van der Waals surface area contributed by atoms with Gasteiger partial charge in [0.1, 0.15) is 0 Å². The molecule has 0 unspecified atom stereocenters. The van der Waals surface area contributed by atoms with Crippen molar-refractivity contribution < 1.29 is 19.7 Å². The zero-order valence-electron chi connectivity index (χ0n) is 12.3. The third kappa shape index (κ3) is 4.36. The quantitative estimate of drug-likeness (QED) is 0.750. The lowest BCUT2D eigenvalue weighted by Crippen LogP contribution is -2.28. The van der Waals surface area contributed by atoms with Crippen molar-refractivity contribution in [2.24, 2.45) is 11.8 Å². The summed E-state index contributed by atoms with van der Waals surface area (Å²) in [5.74, 6) is 0.367. The molecule has 0 bridgehead atoms. The Morgan fingerprint density at radius 2 is 2.05 bits per heavy atom. The zero-order valence-corrected chi connectivity index (χ0v) is 12.3. The van der Waals surface area contributed by atoms with E-state index in [1.165, 1.54) is 7.11 Å². The number of carbonyl (C=O) groups is 1. The molecule has 0 heterocycles. The maximum absolute atomic E-state index is 10.9. The number of benzene rings is 1. The minimum absolute atomic E-state index is 0.152. The Hall–Kier alpha value is -1.75. The molecule has 5 heteroatoms. The van der Waals surface area contributed by atoms with Crippen LogP contribution in [0.1, 0.15) is 31.2 Å². The number of rotatable bonds is 6. The highest BCUT2D eigenvalue weighted by atomic mass is 16.5. The Morgan fingerprint density at radius 1 is 1.33 bits per heavy atom. The fraction of sp³-hybridized carbons (Fsp3) is 0.562. The van der Waals surface area contributed by atoms with Crippen LogP contribution in [0.5, 0.6) is 11.5 Å². The van der Waals surface area contributed by atoms with Crippen LogP contribution in [-0.4, -0.2) is 29.8 Å². The summed E-state index contributed by atoms with van der Waals surface area (Å²) in [6.07, 6.45) is 3.51. The topological polar surface area (TPSA) is 78.8 Å². The van der Waals surface area contributed by atoms with Crippen molar-refractivity contribution in [3.63, 3.8) is 0 Å². The fourth-order valence-corrected chi connectivity index (χ4v) is 2.88. The number of phenolic OH excluding ortho intramolecular Hbond substituents is 1. The monoisotopic (exact) mass is 293 g/mol. The number of methoxy groups -OCH3 is 1. The summed E-state index contributed by atoms with van der Waals surface area (Å²) in [5.41, 5.74) is 1.01. The maximum atomic E-state index is 10.9. The van der Waals surface area contributed by atoms with Crippen LogP contribution in [0.2, 0.25) is 0 Å². The van der Waals surface area contributed by atoms with Gasteiger partial charge in [0, 0.05) is 6.54 Å². The highest BCUT2D eigenvalue weighted by molar-refractivity contribution is 5.69. The number of phenols is 1. The summed E-state index contributed by atoms with van der Waals surface area (Å²) in [7, 11) is 1.53. The molecule has 1 fully saturated rings. The van der Waals surface area contributed by atoms with Gasteiger partial charge in [0.25, 0.3) is 0 Å². The van der Waals surface area contributed by atoms with E-state index >= 15 is 0 Å². The third-order valence-electron chi connectivity index (χ3n) is 4.20. The second-order valence-corrected chi connectivity index (χ2v) is 5.69. The summed E-state index contributed by atoms with van der Waals surface area (Å²) in [6.45, 7) is 1.58. The zero-order chi connectivity index (χ0) is 15.2. The fourth-order valence-electron chi connectivity index (χ4n) is 2.88. The molecule has 0 spiro atoms. The first-order valence-electron chi connectivity index (χ1n) is 7.39. The molecule has 0 atom stereocenters. The Kier molecular flexibility index (Phi) is 5.44. The highest BCUT2D eigenvalue weighted by Crippen LogP contribution is 2.29. The molecule has 1 aliphatic carbocycles. The maximum Gasteiger partial charge on any atom is 0.306 e. The van der Waals surface area contributed by atoms with E-state index in [0.29, 0.717) is 18.2 Å². The molecule has 1 saturated carbocycles. The molecular weight excluding hydrogens is 270 g/mol. The molecule has 0 saturated heterocycles. The Balaban J connectivity index is 1.73. The molecule has 3 N–H and O–H groups in total. The molecule has 1 aliphatic rings. The smallest absolute Gasteiger partial charge is 0.306 e. The van der Waals surface area contributed by atoms with Gasteiger partial charge in [-0.1, -0.05) is 6.07 Å². The summed E-state index contributed by atoms with van der Waals surface area (Å²) in [4.78, 5) is 10.9. The molecule has 21 heavy (non-hydrogen) atoms. The number of carboxylic acids is 1. The van der Waals surface area contributed by atoms with E-state index in [9.17, 15) is 9.90 Å². The number of carboxylic acid groups (broad SMARTS) is 1. The van der Waals surface area contributed by atoms with Crippen LogP contribution in [0.4, 0.5) is 0 Å². The van der Waals surface area contributed by atoms with Gasteiger partial charge in [-0.05, 0) is 55.8 Å². The van der Waals surface area contributed by atoms with Crippen molar-refractivity contribution in [3.05, 3.63) is 23.8 Å². The minimum atomic E-state index is -0.657. The van der Waals surface area contributed by atoms with Gasteiger partial charge in [-0.25, -0.2) is 0 Å². The molecule has 0 radical (unpaired) electrons. The number of hydrogen-bond donors (Lipinski definition) is 3. The standard InChI is InChI=1S/C16H23NO4/c1-21-15-7-4-12(8-14(15)18)10-17-9-11-2-5-13(6-3-11)16(19)20/h4,7-8,11,13,17-18H,2-3,5-6,9-10H2,1H3,(H,19,20). The van der Waals surface area contributed by atoms with Gasteiger partial charge >= 0.3 is 5.97 Å². The molecule has 1 aromatic carbocycles. The van der Waals surface area contributed by atoms with Gasteiger partial charge in [0.2, 0.25) is 0 Å². The molecule has 0 aromatic heterocycles. The molecule has 0 amide bonds. The van der Waals surface area contributed by atoms with Gasteiger partial charge in [0.05, 0.1) is 13.0 Å². The summed E-state index contributed by atoms with van der Waals surface area (Å²) in [5, 5.41) is 22.1. The van der Waals surface area contributed by atoms with Crippen LogP contribution in [0.15, 0.2) is 18.2 Å². The molecule has 2 rings (SSSR count). The molecule has 5 nitrogen and oxygen atoms in total. The van der Waals surface area contributed by atoms with Crippen molar-refractivity contribution in [1.82, 2.24) is 5.32 Å². The van der Waals surface area contributed by atoms with E-state index in [4.69, 9.17) is 9.84 Å². The first kappa shape index (κ1) is 15.6. The van der Waals surface area contributed by atoms with Crippen LogP contribution >= 0.6 is 0 Å². The Morgan fingerprint density at radius 3 is 2.62 bits per heavy atom. The average Bonchev–Trinajstić information content (AvgIpc) is 2.48. The molecule has 116 valence electrons. The largest absolute Gasteiger partial charge is 0.504 e. The van der Waals surface area contributed by atoms with Crippen molar-refractivity contribution in [3.8, 4) is 11.5 Å². The SMILES string of the molecule is COc1ccc(CNCC2CCC(C(=O)O)CC2)cc1O. The van der Waals surface area contributed by atoms with Crippen LogP contribution in [0.25, 0.3) is 0 Å². The van der Waals surface area contributed by atoms with Crippen molar-refractivity contribution >= 4 is 5.97 Å². The number of nitrogens with one attached hydrogen (secondary N) is 1. The normalized spacial score (nSPS) is 22.0. The molecule has 0 aliphatic heterocycles. The summed E-state index contributed by atoms with van der Waals surface area (Å²) >= 11 is 0. The average molecular weight is 293 g/mol. The van der Waals surface area contributed by atoms with Crippen LogP contribution in [0, 0.1) is 11.8 Å².